The third-order valence-electron chi connectivity index (χ3n) is 1.19. The zero-order valence-electron chi connectivity index (χ0n) is 6.32. The van der Waals surface area contributed by atoms with Crippen LogP contribution in [0.25, 0.3) is 0 Å². The number of rotatable bonds is 3. The fraction of sp³-hybridized carbons (Fsp3) is 0.167. The lowest BCUT2D eigenvalue weighted by Crippen LogP contribution is -2.01. The average molecular weight is 186 g/mol. The molecule has 0 saturated carbocycles. The van der Waals surface area contributed by atoms with Crippen LogP contribution in [-0.2, 0) is 0 Å². The van der Waals surface area contributed by atoms with Crippen molar-refractivity contribution in [2.45, 2.75) is 0 Å². The van der Waals surface area contributed by atoms with Crippen LogP contribution < -0.4 is 9.39 Å². The van der Waals surface area contributed by atoms with Crippen molar-refractivity contribution in [2.24, 2.45) is 0 Å². The van der Waals surface area contributed by atoms with Crippen LogP contribution in [0.2, 0.25) is 5.02 Å². The second-order valence-electron chi connectivity index (χ2n) is 1.86. The number of nitrogens with zero attached hydrogens (tertiary/aromatic N) is 1. The summed E-state index contributed by atoms with van der Waals surface area (Å²) in [5, 5.41) is 8.57. The summed E-state index contributed by atoms with van der Waals surface area (Å²) in [6.07, 6.45) is 1.46. The van der Waals surface area contributed by atoms with E-state index in [0.29, 0.717) is 13.4 Å². The molecule has 0 fully saturated rings. The molecule has 1 rings (SSSR count). The minimum Gasteiger partial charge on any atom is -0.536 e. The molecule has 6 heteroatoms. The quantitative estimate of drug-likeness (QED) is 0.704. The molecular formula is C6H6BClNO3. The van der Waals surface area contributed by atoms with Gasteiger partial charge in [-0.3, -0.25) is 0 Å². The molecule has 0 unspecified atom stereocenters. The third kappa shape index (κ3) is 1.81. The summed E-state index contributed by atoms with van der Waals surface area (Å²) < 4.78 is 9.47. The van der Waals surface area contributed by atoms with Gasteiger partial charge in [0.1, 0.15) is 10.8 Å². The predicted molar refractivity (Wildman–Crippen MR) is 44.4 cm³/mol. The van der Waals surface area contributed by atoms with Crippen molar-refractivity contribution in [3.05, 3.63) is 17.3 Å². The molecule has 0 bridgehead atoms. The van der Waals surface area contributed by atoms with E-state index in [4.69, 9.17) is 21.4 Å². The molecule has 1 aromatic rings. The van der Waals surface area contributed by atoms with Crippen molar-refractivity contribution in [3.8, 4) is 11.6 Å². The van der Waals surface area contributed by atoms with Crippen molar-refractivity contribution < 1.29 is 14.4 Å². The number of pyridine rings is 1. The zero-order valence-corrected chi connectivity index (χ0v) is 7.08. The second kappa shape index (κ2) is 4.18. The molecule has 12 heavy (non-hydrogen) atoms. The van der Waals surface area contributed by atoms with Crippen molar-refractivity contribution in [1.82, 2.24) is 4.98 Å². The Bertz CT molecular complexity index is 271. The fourth-order valence-electron chi connectivity index (χ4n) is 0.698. The number of hydrogen-bond acceptors (Lipinski definition) is 4. The van der Waals surface area contributed by atoms with E-state index in [1.165, 1.54) is 19.4 Å². The van der Waals surface area contributed by atoms with Crippen LogP contribution in [-0.4, -0.2) is 24.8 Å². The van der Waals surface area contributed by atoms with Gasteiger partial charge in [0.05, 0.1) is 7.11 Å². The number of ether oxygens (including phenoxy) is 1. The van der Waals surface area contributed by atoms with Crippen LogP contribution in [0.4, 0.5) is 0 Å². The predicted octanol–water partition coefficient (Wildman–Crippen LogP) is 0.649. The van der Waals surface area contributed by atoms with Gasteiger partial charge < -0.3 is 14.4 Å². The Balaban J connectivity index is 2.97. The summed E-state index contributed by atoms with van der Waals surface area (Å²) in [5.74, 6) is 0.557. The number of methoxy groups -OCH3 is 1. The van der Waals surface area contributed by atoms with E-state index in [-0.39, 0.29) is 10.9 Å². The molecule has 1 heterocycles. The minimum absolute atomic E-state index is 0.227. The molecule has 0 atom stereocenters. The first-order chi connectivity index (χ1) is 5.79. The smallest absolute Gasteiger partial charge is 0.536 e. The van der Waals surface area contributed by atoms with Gasteiger partial charge in [0.15, 0.2) is 0 Å². The Morgan fingerprint density at radius 1 is 1.67 bits per heavy atom. The number of hydrogen-bond donors (Lipinski definition) is 1. The van der Waals surface area contributed by atoms with Gasteiger partial charge in [0.25, 0.3) is 0 Å². The molecule has 0 saturated heterocycles. The van der Waals surface area contributed by atoms with E-state index in [1.54, 1.807) is 0 Å². The molecule has 0 amide bonds. The van der Waals surface area contributed by atoms with Gasteiger partial charge in [0, 0.05) is 6.20 Å². The Hall–Kier alpha value is -0.935. The maximum Gasteiger partial charge on any atom is 0.569 e. The molecule has 1 N–H and O–H groups in total. The van der Waals surface area contributed by atoms with Crippen LogP contribution in [0, 0.1) is 0 Å². The maximum absolute atomic E-state index is 8.34. The second-order valence-corrected chi connectivity index (χ2v) is 2.23. The van der Waals surface area contributed by atoms with Crippen LogP contribution in [0.5, 0.6) is 11.6 Å². The summed E-state index contributed by atoms with van der Waals surface area (Å²) in [6.45, 7) is 0. The van der Waals surface area contributed by atoms with Crippen LogP contribution in [0.15, 0.2) is 12.3 Å². The highest BCUT2D eigenvalue weighted by atomic mass is 35.5. The molecule has 0 aliphatic rings. The van der Waals surface area contributed by atoms with E-state index < -0.39 is 0 Å². The van der Waals surface area contributed by atoms with Gasteiger partial charge in [-0.1, -0.05) is 11.6 Å². The van der Waals surface area contributed by atoms with Gasteiger partial charge in [-0.2, -0.15) is 0 Å². The van der Waals surface area contributed by atoms with Crippen LogP contribution >= 0.6 is 11.6 Å². The van der Waals surface area contributed by atoms with Crippen molar-refractivity contribution in [2.75, 3.05) is 7.11 Å². The topological polar surface area (TPSA) is 51.6 Å². The standard InChI is InChI=1S/C6H6BClNO3/c1-11-6-5(8)4(12-7-10)2-3-9-6/h2-3,10H,1H3. The monoisotopic (exact) mass is 186 g/mol. The largest absolute Gasteiger partial charge is 0.569 e. The zero-order chi connectivity index (χ0) is 8.97. The first-order valence-corrected chi connectivity index (χ1v) is 3.48. The summed E-state index contributed by atoms with van der Waals surface area (Å²) in [4.78, 5) is 3.81. The van der Waals surface area contributed by atoms with Crippen LogP contribution in [0.1, 0.15) is 0 Å². The summed E-state index contributed by atoms with van der Waals surface area (Å²) in [6, 6.07) is 1.51. The Labute approximate surface area is 75.4 Å². The highest BCUT2D eigenvalue weighted by Crippen LogP contribution is 2.30. The third-order valence-corrected chi connectivity index (χ3v) is 1.54. The lowest BCUT2D eigenvalue weighted by molar-refractivity contribution is 0.393. The van der Waals surface area contributed by atoms with Gasteiger partial charge in [-0.15, -0.1) is 0 Å². The van der Waals surface area contributed by atoms with Crippen molar-refractivity contribution >= 4 is 19.3 Å². The van der Waals surface area contributed by atoms with Gasteiger partial charge in [-0.25, -0.2) is 4.98 Å². The SMILES string of the molecule is COc1nccc(O[B]O)c1Cl. The van der Waals surface area contributed by atoms with Gasteiger partial charge in [0.2, 0.25) is 5.88 Å². The molecule has 0 aliphatic carbocycles. The summed E-state index contributed by atoms with van der Waals surface area (Å²) in [5.41, 5.74) is 0. The van der Waals surface area contributed by atoms with E-state index in [1.807, 2.05) is 0 Å². The Kier molecular flexibility index (Phi) is 3.19. The highest BCUT2D eigenvalue weighted by molar-refractivity contribution is 6.33. The molecule has 1 radical (unpaired) electrons. The Morgan fingerprint density at radius 2 is 2.42 bits per heavy atom. The van der Waals surface area contributed by atoms with Gasteiger partial charge >= 0.3 is 7.69 Å². The number of aromatic nitrogens is 1. The lowest BCUT2D eigenvalue weighted by Gasteiger charge is -2.06. The van der Waals surface area contributed by atoms with Gasteiger partial charge in [-0.05, 0) is 6.07 Å². The van der Waals surface area contributed by atoms with Crippen molar-refractivity contribution in [3.63, 3.8) is 0 Å². The Morgan fingerprint density at radius 3 is 3.00 bits per heavy atom. The molecule has 1 aromatic heterocycles. The average Bonchev–Trinajstić information content (AvgIpc) is 2.09. The van der Waals surface area contributed by atoms with Crippen LogP contribution in [0.3, 0.4) is 0 Å². The summed E-state index contributed by atoms with van der Waals surface area (Å²) >= 11 is 5.74. The normalized spacial score (nSPS) is 9.25. The first kappa shape index (κ1) is 9.16. The maximum atomic E-state index is 8.34. The van der Waals surface area contributed by atoms with E-state index in [0.717, 1.165) is 0 Å². The first-order valence-electron chi connectivity index (χ1n) is 3.10. The molecule has 63 valence electrons. The summed E-state index contributed by atoms with van der Waals surface area (Å²) in [7, 11) is 1.99. The van der Waals surface area contributed by atoms with E-state index >= 15 is 0 Å². The molecule has 0 aliphatic heterocycles. The fourth-order valence-corrected chi connectivity index (χ4v) is 0.931. The van der Waals surface area contributed by atoms with Crippen molar-refractivity contribution in [1.29, 1.82) is 0 Å². The molecular weight excluding hydrogens is 180 g/mol. The van der Waals surface area contributed by atoms with E-state index in [2.05, 4.69) is 9.64 Å². The minimum atomic E-state index is 0.227. The highest BCUT2D eigenvalue weighted by Gasteiger charge is 2.08. The number of halogens is 1. The molecule has 0 spiro atoms. The molecule has 4 nitrogen and oxygen atoms in total. The molecule has 0 aromatic carbocycles. The van der Waals surface area contributed by atoms with E-state index in [9.17, 15) is 0 Å². The lowest BCUT2D eigenvalue weighted by atomic mass is 10.3.